The Morgan fingerprint density at radius 2 is 2.19 bits per heavy atom. The zero-order valence-corrected chi connectivity index (χ0v) is 8.54. The molecule has 0 aliphatic rings. The first-order valence-corrected chi connectivity index (χ1v) is 4.62. The van der Waals surface area contributed by atoms with Crippen molar-refractivity contribution in [1.29, 1.82) is 0 Å². The second-order valence-electron chi connectivity index (χ2n) is 2.98. The lowest BCUT2D eigenvalue weighted by atomic mass is 10.1. The second-order valence-corrected chi connectivity index (χ2v) is 2.98. The van der Waals surface area contributed by atoms with Gasteiger partial charge in [0.25, 0.3) is 6.43 Å². The first-order valence-electron chi connectivity index (χ1n) is 4.62. The van der Waals surface area contributed by atoms with Crippen LogP contribution in [0.3, 0.4) is 0 Å². The summed E-state index contributed by atoms with van der Waals surface area (Å²) in [4.78, 5) is 14.5. The van der Waals surface area contributed by atoms with E-state index in [1.807, 2.05) is 0 Å². The number of carbonyl (C=O) groups excluding carboxylic acids is 1. The van der Waals surface area contributed by atoms with E-state index < -0.39 is 30.2 Å². The van der Waals surface area contributed by atoms with E-state index in [0.717, 1.165) is 6.20 Å². The summed E-state index contributed by atoms with van der Waals surface area (Å²) in [5.74, 6) is -1.80. The molecule has 0 aliphatic heterocycles. The van der Waals surface area contributed by atoms with Crippen molar-refractivity contribution in [3.63, 3.8) is 0 Å². The maximum Gasteiger partial charge on any atom is 0.310 e. The van der Waals surface area contributed by atoms with Crippen molar-refractivity contribution in [2.24, 2.45) is 0 Å². The van der Waals surface area contributed by atoms with E-state index in [9.17, 15) is 18.0 Å². The number of nitrogens with zero attached hydrogens (tertiary/aromatic N) is 1. The average molecular weight is 233 g/mol. The summed E-state index contributed by atoms with van der Waals surface area (Å²) < 4.78 is 42.6. The van der Waals surface area contributed by atoms with E-state index >= 15 is 0 Å². The zero-order chi connectivity index (χ0) is 12.1. The van der Waals surface area contributed by atoms with Crippen LogP contribution >= 0.6 is 0 Å². The van der Waals surface area contributed by atoms with Crippen molar-refractivity contribution in [2.75, 3.05) is 6.61 Å². The van der Waals surface area contributed by atoms with Crippen LogP contribution in [0.25, 0.3) is 0 Å². The molecule has 16 heavy (non-hydrogen) atoms. The second kappa shape index (κ2) is 5.48. The smallest absolute Gasteiger partial charge is 0.310 e. The van der Waals surface area contributed by atoms with E-state index in [4.69, 9.17) is 0 Å². The highest BCUT2D eigenvalue weighted by Gasteiger charge is 2.20. The van der Waals surface area contributed by atoms with Gasteiger partial charge in [0.05, 0.1) is 24.8 Å². The molecule has 0 aromatic carbocycles. The third-order valence-electron chi connectivity index (χ3n) is 1.88. The van der Waals surface area contributed by atoms with E-state index in [-0.39, 0.29) is 12.2 Å². The highest BCUT2D eigenvalue weighted by atomic mass is 19.3. The molecule has 0 atom stereocenters. The van der Waals surface area contributed by atoms with Crippen molar-refractivity contribution in [2.45, 2.75) is 19.8 Å². The molecule has 3 nitrogen and oxygen atoms in total. The Morgan fingerprint density at radius 3 is 2.75 bits per heavy atom. The van der Waals surface area contributed by atoms with Crippen LogP contribution in [0, 0.1) is 5.82 Å². The lowest BCUT2D eigenvalue weighted by Gasteiger charge is -2.08. The van der Waals surface area contributed by atoms with Gasteiger partial charge in [-0.3, -0.25) is 9.78 Å². The number of halogens is 3. The Labute approximate surface area is 90.2 Å². The van der Waals surface area contributed by atoms with Crippen LogP contribution in [-0.4, -0.2) is 17.6 Å². The van der Waals surface area contributed by atoms with E-state index in [1.165, 1.54) is 0 Å². The van der Waals surface area contributed by atoms with Gasteiger partial charge in [0.2, 0.25) is 0 Å². The minimum atomic E-state index is -2.98. The molecule has 6 heteroatoms. The van der Waals surface area contributed by atoms with Gasteiger partial charge in [0.1, 0.15) is 0 Å². The zero-order valence-electron chi connectivity index (χ0n) is 8.54. The summed E-state index contributed by atoms with van der Waals surface area (Å²) >= 11 is 0. The SMILES string of the molecule is CCOC(=O)Cc1cncc(F)c1C(F)F. The minimum absolute atomic E-state index is 0.144. The third-order valence-corrected chi connectivity index (χ3v) is 1.88. The lowest BCUT2D eigenvalue weighted by molar-refractivity contribution is -0.142. The summed E-state index contributed by atoms with van der Waals surface area (Å²) in [6, 6.07) is 0. The molecule has 88 valence electrons. The maximum absolute atomic E-state index is 13.0. The molecule has 0 saturated carbocycles. The van der Waals surface area contributed by atoms with Crippen LogP contribution in [-0.2, 0) is 16.0 Å². The number of ether oxygens (including phenoxy) is 1. The number of rotatable bonds is 4. The van der Waals surface area contributed by atoms with E-state index in [0.29, 0.717) is 6.20 Å². The molecule has 0 saturated heterocycles. The largest absolute Gasteiger partial charge is 0.466 e. The molecule has 0 bridgehead atoms. The quantitative estimate of drug-likeness (QED) is 0.749. The van der Waals surface area contributed by atoms with E-state index in [2.05, 4.69) is 9.72 Å². The van der Waals surface area contributed by atoms with Crippen molar-refractivity contribution in [1.82, 2.24) is 4.98 Å². The highest BCUT2D eigenvalue weighted by molar-refractivity contribution is 5.72. The number of carbonyl (C=O) groups is 1. The van der Waals surface area contributed by atoms with Gasteiger partial charge in [-0.1, -0.05) is 0 Å². The molecule has 0 fully saturated rings. The summed E-state index contributed by atoms with van der Waals surface area (Å²) in [5.41, 5.74) is -0.934. The summed E-state index contributed by atoms with van der Waals surface area (Å²) in [6.45, 7) is 1.74. The summed E-state index contributed by atoms with van der Waals surface area (Å²) in [6.07, 6.45) is -1.65. The topological polar surface area (TPSA) is 39.2 Å². The molecule has 1 aromatic rings. The Bertz CT molecular complexity index is 382. The first kappa shape index (κ1) is 12.5. The van der Waals surface area contributed by atoms with Gasteiger partial charge in [-0.15, -0.1) is 0 Å². The van der Waals surface area contributed by atoms with Crippen molar-refractivity contribution >= 4 is 5.97 Å². The van der Waals surface area contributed by atoms with Gasteiger partial charge < -0.3 is 4.74 Å². The molecular weight excluding hydrogens is 223 g/mol. The van der Waals surface area contributed by atoms with Gasteiger partial charge in [-0.2, -0.15) is 0 Å². The van der Waals surface area contributed by atoms with Gasteiger partial charge in [-0.05, 0) is 12.5 Å². The fourth-order valence-electron chi connectivity index (χ4n) is 1.24. The molecule has 0 radical (unpaired) electrons. The lowest BCUT2D eigenvalue weighted by Crippen LogP contribution is -2.11. The van der Waals surface area contributed by atoms with Crippen LogP contribution in [0.5, 0.6) is 0 Å². The Hall–Kier alpha value is -1.59. The Morgan fingerprint density at radius 1 is 1.50 bits per heavy atom. The predicted octanol–water partition coefficient (Wildman–Crippen LogP) is 2.26. The summed E-state index contributed by atoms with van der Waals surface area (Å²) in [5, 5.41) is 0. The molecule has 1 aromatic heterocycles. The Balaban J connectivity index is 2.95. The van der Waals surface area contributed by atoms with Crippen molar-refractivity contribution < 1.29 is 22.7 Å². The minimum Gasteiger partial charge on any atom is -0.466 e. The van der Waals surface area contributed by atoms with Crippen LogP contribution in [0.1, 0.15) is 24.5 Å². The van der Waals surface area contributed by atoms with Crippen molar-refractivity contribution in [3.05, 3.63) is 29.3 Å². The van der Waals surface area contributed by atoms with E-state index in [1.54, 1.807) is 6.92 Å². The molecule has 0 unspecified atom stereocenters. The number of hydrogen-bond donors (Lipinski definition) is 0. The number of hydrogen-bond acceptors (Lipinski definition) is 3. The molecule has 0 aliphatic carbocycles. The van der Waals surface area contributed by atoms with Gasteiger partial charge in [-0.25, -0.2) is 13.2 Å². The van der Waals surface area contributed by atoms with Crippen LogP contribution < -0.4 is 0 Å². The number of pyridine rings is 1. The van der Waals surface area contributed by atoms with Crippen molar-refractivity contribution in [3.8, 4) is 0 Å². The number of alkyl halides is 2. The molecule has 1 rings (SSSR count). The molecule has 1 heterocycles. The third kappa shape index (κ3) is 2.95. The highest BCUT2D eigenvalue weighted by Crippen LogP contribution is 2.25. The molecule has 0 amide bonds. The fourth-order valence-corrected chi connectivity index (χ4v) is 1.24. The van der Waals surface area contributed by atoms with Crippen LogP contribution in [0.15, 0.2) is 12.4 Å². The normalized spacial score (nSPS) is 10.6. The molecule has 0 spiro atoms. The molecule has 0 N–H and O–H groups in total. The van der Waals surface area contributed by atoms with Gasteiger partial charge in [0, 0.05) is 6.20 Å². The maximum atomic E-state index is 13.0. The van der Waals surface area contributed by atoms with Gasteiger partial charge >= 0.3 is 5.97 Å². The monoisotopic (exact) mass is 233 g/mol. The average Bonchev–Trinajstić information content (AvgIpc) is 2.17. The van der Waals surface area contributed by atoms with Crippen LogP contribution in [0.4, 0.5) is 13.2 Å². The number of esters is 1. The molecular formula is C10H10F3NO2. The fraction of sp³-hybridized carbons (Fsp3) is 0.400. The first-order chi connectivity index (χ1) is 7.56. The summed E-state index contributed by atoms with van der Waals surface area (Å²) in [7, 11) is 0. The standard InChI is InChI=1S/C10H10F3NO2/c1-2-16-8(15)3-6-4-14-5-7(11)9(6)10(12)13/h4-5,10H,2-3H2,1H3. The Kier molecular flexibility index (Phi) is 4.28. The number of aromatic nitrogens is 1. The van der Waals surface area contributed by atoms with Gasteiger partial charge in [0.15, 0.2) is 5.82 Å². The van der Waals surface area contributed by atoms with Crippen LogP contribution in [0.2, 0.25) is 0 Å². The predicted molar refractivity (Wildman–Crippen MR) is 49.5 cm³/mol.